The number of aromatic nitrogens is 2. The highest BCUT2D eigenvalue weighted by atomic mass is 16.1. The van der Waals surface area contributed by atoms with E-state index in [4.69, 9.17) is 0 Å². The number of hydrogen-bond acceptors (Lipinski definition) is 3. The molecule has 0 unspecified atom stereocenters. The van der Waals surface area contributed by atoms with E-state index in [-0.39, 0.29) is 5.56 Å². The second-order valence-electron chi connectivity index (χ2n) is 4.27. The summed E-state index contributed by atoms with van der Waals surface area (Å²) in [5.74, 6) is 1.69. The number of aromatic amines is 1. The summed E-state index contributed by atoms with van der Waals surface area (Å²) in [6, 6.07) is 9.89. The van der Waals surface area contributed by atoms with Gasteiger partial charge in [0.15, 0.2) is 0 Å². The predicted molar refractivity (Wildman–Crippen MR) is 73.6 cm³/mol. The number of nitrogens with one attached hydrogen (secondary N) is 1. The van der Waals surface area contributed by atoms with E-state index in [1.165, 1.54) is 6.08 Å². The molecular weight excluding hydrogens is 240 g/mol. The summed E-state index contributed by atoms with van der Waals surface area (Å²) in [6.07, 6.45) is 2.51. The van der Waals surface area contributed by atoms with Crippen molar-refractivity contribution in [3.05, 3.63) is 63.3 Å². The van der Waals surface area contributed by atoms with Gasteiger partial charge in [0.25, 0.3) is 5.56 Å². The van der Waals surface area contributed by atoms with Crippen molar-refractivity contribution in [2.45, 2.75) is 19.8 Å². The molecule has 0 atom stereocenters. The SMILES string of the molecule is Cc1[nH]c(=O)c(CCc2ccccc2)nc1C=C=O. The van der Waals surface area contributed by atoms with Crippen molar-refractivity contribution < 1.29 is 4.79 Å². The maximum Gasteiger partial charge on any atom is 0.269 e. The number of hydrogen-bond donors (Lipinski definition) is 1. The molecule has 0 saturated carbocycles. The molecule has 4 nitrogen and oxygen atoms in total. The molecule has 0 fully saturated rings. The van der Waals surface area contributed by atoms with Gasteiger partial charge < -0.3 is 4.98 Å². The molecular formula is C15H14N2O2. The van der Waals surface area contributed by atoms with Gasteiger partial charge in [-0.05, 0) is 25.3 Å². The fourth-order valence-corrected chi connectivity index (χ4v) is 1.86. The lowest BCUT2D eigenvalue weighted by molar-refractivity contribution is 0.570. The monoisotopic (exact) mass is 254 g/mol. The molecule has 0 bridgehead atoms. The minimum Gasteiger partial charge on any atom is -0.323 e. The highest BCUT2D eigenvalue weighted by Gasteiger charge is 2.06. The maximum absolute atomic E-state index is 11.8. The van der Waals surface area contributed by atoms with E-state index in [0.717, 1.165) is 12.0 Å². The summed E-state index contributed by atoms with van der Waals surface area (Å²) in [7, 11) is 0. The average Bonchev–Trinajstić information content (AvgIpc) is 2.42. The van der Waals surface area contributed by atoms with Gasteiger partial charge in [-0.15, -0.1) is 0 Å². The molecule has 0 saturated heterocycles. The number of carbonyl (C=O) groups excluding carboxylic acids is 1. The van der Waals surface area contributed by atoms with E-state index < -0.39 is 0 Å². The first kappa shape index (κ1) is 13.0. The smallest absolute Gasteiger partial charge is 0.269 e. The van der Waals surface area contributed by atoms with Crippen LogP contribution in [-0.4, -0.2) is 15.9 Å². The molecule has 1 aromatic heterocycles. The van der Waals surface area contributed by atoms with Crippen LogP contribution in [0.4, 0.5) is 0 Å². The fraction of sp³-hybridized carbons (Fsp3) is 0.200. The average molecular weight is 254 g/mol. The lowest BCUT2D eigenvalue weighted by Gasteiger charge is -2.04. The number of benzene rings is 1. The minimum atomic E-state index is -0.198. The van der Waals surface area contributed by atoms with Gasteiger partial charge in [0, 0.05) is 11.8 Å². The largest absolute Gasteiger partial charge is 0.323 e. The summed E-state index contributed by atoms with van der Waals surface area (Å²) in [6.45, 7) is 1.71. The van der Waals surface area contributed by atoms with Crippen LogP contribution in [0.1, 0.15) is 22.6 Å². The number of rotatable bonds is 4. The van der Waals surface area contributed by atoms with E-state index >= 15 is 0 Å². The lowest BCUT2D eigenvalue weighted by atomic mass is 10.1. The molecule has 0 aliphatic carbocycles. The second kappa shape index (κ2) is 5.94. The summed E-state index contributed by atoms with van der Waals surface area (Å²) >= 11 is 0. The molecule has 1 aromatic carbocycles. The zero-order valence-electron chi connectivity index (χ0n) is 10.6. The zero-order chi connectivity index (χ0) is 13.7. The third-order valence-corrected chi connectivity index (χ3v) is 2.89. The van der Waals surface area contributed by atoms with Crippen LogP contribution in [-0.2, 0) is 17.6 Å². The Morgan fingerprint density at radius 1 is 1.26 bits per heavy atom. The first-order valence-electron chi connectivity index (χ1n) is 6.05. The van der Waals surface area contributed by atoms with Crippen molar-refractivity contribution in [2.75, 3.05) is 0 Å². The van der Waals surface area contributed by atoms with Crippen molar-refractivity contribution in [3.63, 3.8) is 0 Å². The van der Waals surface area contributed by atoms with E-state index in [1.54, 1.807) is 12.9 Å². The minimum absolute atomic E-state index is 0.198. The molecule has 19 heavy (non-hydrogen) atoms. The van der Waals surface area contributed by atoms with E-state index in [0.29, 0.717) is 23.5 Å². The van der Waals surface area contributed by atoms with E-state index in [9.17, 15) is 9.59 Å². The molecule has 0 aliphatic heterocycles. The number of aryl methyl sites for hydroxylation is 3. The van der Waals surface area contributed by atoms with Gasteiger partial charge in [-0.2, -0.15) is 0 Å². The van der Waals surface area contributed by atoms with Crippen LogP contribution in [0, 0.1) is 6.92 Å². The molecule has 0 aliphatic rings. The van der Waals surface area contributed by atoms with Crippen LogP contribution in [0.25, 0.3) is 6.08 Å². The molecule has 0 spiro atoms. The molecule has 2 aromatic rings. The summed E-state index contributed by atoms with van der Waals surface area (Å²) < 4.78 is 0. The Labute approximate surface area is 110 Å². The van der Waals surface area contributed by atoms with Gasteiger partial charge in [-0.3, -0.25) is 4.79 Å². The Bertz CT molecular complexity index is 668. The Morgan fingerprint density at radius 2 is 2.00 bits per heavy atom. The van der Waals surface area contributed by atoms with E-state index in [2.05, 4.69) is 9.97 Å². The van der Waals surface area contributed by atoms with Crippen LogP contribution in [0.5, 0.6) is 0 Å². The fourth-order valence-electron chi connectivity index (χ4n) is 1.86. The maximum atomic E-state index is 11.8. The Kier molecular flexibility index (Phi) is 4.06. The van der Waals surface area contributed by atoms with Crippen molar-refractivity contribution in [1.29, 1.82) is 0 Å². The van der Waals surface area contributed by atoms with Crippen molar-refractivity contribution in [3.8, 4) is 0 Å². The molecule has 96 valence electrons. The van der Waals surface area contributed by atoms with Gasteiger partial charge in [0.1, 0.15) is 11.6 Å². The van der Waals surface area contributed by atoms with Crippen molar-refractivity contribution in [1.82, 2.24) is 9.97 Å². The number of nitrogens with zero attached hydrogens (tertiary/aromatic N) is 1. The summed E-state index contributed by atoms with van der Waals surface area (Å²) in [5.41, 5.74) is 2.44. The highest BCUT2D eigenvalue weighted by molar-refractivity contribution is 5.73. The molecule has 0 amide bonds. The molecule has 0 radical (unpaired) electrons. The van der Waals surface area contributed by atoms with Gasteiger partial charge in [-0.25, -0.2) is 9.78 Å². The van der Waals surface area contributed by atoms with Crippen LogP contribution in [0.2, 0.25) is 0 Å². The molecule has 4 heteroatoms. The van der Waals surface area contributed by atoms with Crippen LogP contribution >= 0.6 is 0 Å². The molecule has 1 heterocycles. The Morgan fingerprint density at radius 3 is 2.68 bits per heavy atom. The molecule has 1 N–H and O–H groups in total. The summed E-state index contributed by atoms with van der Waals surface area (Å²) in [4.78, 5) is 29.1. The first-order chi connectivity index (χ1) is 9.20. The molecule has 2 rings (SSSR count). The third kappa shape index (κ3) is 3.27. The zero-order valence-corrected chi connectivity index (χ0v) is 10.6. The first-order valence-corrected chi connectivity index (χ1v) is 6.05. The van der Waals surface area contributed by atoms with Gasteiger partial charge in [0.2, 0.25) is 0 Å². The quantitative estimate of drug-likeness (QED) is 0.845. The Hall–Kier alpha value is -2.45. The number of H-pyrrole nitrogens is 1. The second-order valence-corrected chi connectivity index (χ2v) is 4.27. The van der Waals surface area contributed by atoms with Gasteiger partial charge >= 0.3 is 0 Å². The van der Waals surface area contributed by atoms with Crippen molar-refractivity contribution in [2.24, 2.45) is 0 Å². The van der Waals surface area contributed by atoms with Gasteiger partial charge in [-0.1, -0.05) is 30.3 Å². The van der Waals surface area contributed by atoms with Crippen molar-refractivity contribution >= 4 is 12.0 Å². The van der Waals surface area contributed by atoms with E-state index in [1.807, 2.05) is 30.3 Å². The van der Waals surface area contributed by atoms with Crippen LogP contribution < -0.4 is 5.56 Å². The topological polar surface area (TPSA) is 62.8 Å². The lowest BCUT2D eigenvalue weighted by Crippen LogP contribution is -2.18. The standard InChI is InChI=1S/C15H14N2O2/c1-11-13(9-10-18)17-14(15(19)16-11)8-7-12-5-3-2-4-6-12/h2-6,9H,7-8H2,1H3,(H,16,19). The van der Waals surface area contributed by atoms with Crippen LogP contribution in [0.3, 0.4) is 0 Å². The normalized spacial score (nSPS) is 9.95. The van der Waals surface area contributed by atoms with Crippen LogP contribution in [0.15, 0.2) is 35.1 Å². The summed E-state index contributed by atoms with van der Waals surface area (Å²) in [5, 5.41) is 0. The van der Waals surface area contributed by atoms with Gasteiger partial charge in [0.05, 0.1) is 5.69 Å². The highest BCUT2D eigenvalue weighted by Crippen LogP contribution is 2.05. The predicted octanol–water partition coefficient (Wildman–Crippen LogP) is 1.71. The third-order valence-electron chi connectivity index (χ3n) is 2.89. The Balaban J connectivity index is 2.23.